The van der Waals surface area contributed by atoms with Crippen LogP contribution in [-0.2, 0) is 19.1 Å². The Labute approximate surface area is 167 Å². The zero-order chi connectivity index (χ0) is 20.5. The zero-order valence-electron chi connectivity index (χ0n) is 15.9. The van der Waals surface area contributed by atoms with Gasteiger partial charge in [0.05, 0.1) is 25.1 Å². The number of anilines is 2. The van der Waals surface area contributed by atoms with Gasteiger partial charge in [-0.3, -0.25) is 14.6 Å². The number of fused-ring (bicyclic) bond motifs is 1. The molecule has 29 heavy (non-hydrogen) atoms. The quantitative estimate of drug-likeness (QED) is 0.570. The molecule has 0 N–H and O–H groups in total. The highest BCUT2D eigenvalue weighted by Gasteiger charge is 2.59. The van der Waals surface area contributed by atoms with Crippen LogP contribution in [0, 0.1) is 5.92 Å². The first-order chi connectivity index (χ1) is 14.1. The Morgan fingerprint density at radius 2 is 1.69 bits per heavy atom. The van der Waals surface area contributed by atoms with E-state index in [-0.39, 0.29) is 12.3 Å². The Kier molecular flexibility index (Phi) is 4.75. The molecule has 0 spiro atoms. The van der Waals surface area contributed by atoms with Crippen LogP contribution < -0.4 is 14.6 Å². The van der Waals surface area contributed by atoms with E-state index in [2.05, 4.69) is 5.10 Å². The summed E-state index contributed by atoms with van der Waals surface area (Å²) in [4.78, 5) is 40.0. The summed E-state index contributed by atoms with van der Waals surface area (Å²) >= 11 is 0. The van der Waals surface area contributed by atoms with Gasteiger partial charge < -0.3 is 9.47 Å². The molecule has 0 bridgehead atoms. The zero-order valence-corrected chi connectivity index (χ0v) is 15.9. The number of hydrogen-bond acceptors (Lipinski definition) is 7. The molecule has 148 valence electrons. The first-order valence-electron chi connectivity index (χ1n) is 9.18. The van der Waals surface area contributed by atoms with Crippen LogP contribution in [0.25, 0.3) is 0 Å². The number of imide groups is 1. The SMILES string of the molecule is CCOC(=O)C1=NN(c2ccc(OC)cc2)C2C(=O)N(c3ccccc3)C(=O)C12. The number of para-hydroxylation sites is 1. The van der Waals surface area contributed by atoms with E-state index in [9.17, 15) is 14.4 Å². The smallest absolute Gasteiger partial charge is 0.355 e. The molecule has 1 fully saturated rings. The molecule has 2 heterocycles. The number of benzene rings is 2. The molecule has 2 amide bonds. The van der Waals surface area contributed by atoms with Gasteiger partial charge in [0, 0.05) is 0 Å². The molecular formula is C21H19N3O5. The minimum Gasteiger partial charge on any atom is -0.497 e. The number of nitrogens with zero attached hydrogens (tertiary/aromatic N) is 3. The van der Waals surface area contributed by atoms with E-state index in [0.29, 0.717) is 17.1 Å². The largest absolute Gasteiger partial charge is 0.497 e. The third kappa shape index (κ3) is 3.02. The number of amides is 2. The molecule has 0 aromatic heterocycles. The number of carbonyl (C=O) groups excluding carboxylic acids is 3. The lowest BCUT2D eigenvalue weighted by Crippen LogP contribution is -2.39. The van der Waals surface area contributed by atoms with Crippen molar-refractivity contribution in [1.82, 2.24) is 0 Å². The van der Waals surface area contributed by atoms with E-state index in [0.717, 1.165) is 4.90 Å². The Morgan fingerprint density at radius 3 is 2.31 bits per heavy atom. The van der Waals surface area contributed by atoms with Crippen molar-refractivity contribution in [3.05, 3.63) is 54.6 Å². The lowest BCUT2D eigenvalue weighted by atomic mass is 9.98. The molecule has 8 nitrogen and oxygen atoms in total. The number of hydrogen-bond donors (Lipinski definition) is 0. The Morgan fingerprint density at radius 1 is 1.00 bits per heavy atom. The normalized spacial score (nSPS) is 20.6. The van der Waals surface area contributed by atoms with Gasteiger partial charge >= 0.3 is 5.97 Å². The predicted molar refractivity (Wildman–Crippen MR) is 106 cm³/mol. The van der Waals surface area contributed by atoms with Crippen molar-refractivity contribution in [2.24, 2.45) is 11.0 Å². The van der Waals surface area contributed by atoms with Crippen LogP contribution >= 0.6 is 0 Å². The van der Waals surface area contributed by atoms with Gasteiger partial charge in [-0.25, -0.2) is 9.69 Å². The standard InChI is InChI=1S/C21H19N3O5/c1-3-29-21(27)17-16-18(24(22-17)14-9-11-15(28-2)12-10-14)20(26)23(19(16)25)13-7-5-4-6-8-13/h4-12,16,18H,3H2,1-2H3. The maximum atomic E-state index is 13.2. The maximum Gasteiger partial charge on any atom is 0.355 e. The average Bonchev–Trinajstić information content (AvgIpc) is 3.26. The van der Waals surface area contributed by atoms with Gasteiger partial charge in [0.2, 0.25) is 5.91 Å². The van der Waals surface area contributed by atoms with Crippen LogP contribution in [0.4, 0.5) is 11.4 Å². The second kappa shape index (κ2) is 7.38. The molecule has 1 saturated heterocycles. The second-order valence-corrected chi connectivity index (χ2v) is 6.52. The Bertz CT molecular complexity index is 987. The molecule has 2 aliphatic heterocycles. The molecule has 4 rings (SSSR count). The van der Waals surface area contributed by atoms with Gasteiger partial charge in [-0.15, -0.1) is 0 Å². The van der Waals surface area contributed by atoms with Crippen molar-refractivity contribution in [2.75, 3.05) is 23.6 Å². The molecule has 2 atom stereocenters. The van der Waals surface area contributed by atoms with Crippen molar-refractivity contribution >= 4 is 34.9 Å². The summed E-state index contributed by atoms with van der Waals surface area (Å²) in [5.41, 5.74) is 0.954. The fourth-order valence-electron chi connectivity index (χ4n) is 3.57. The molecule has 8 heteroatoms. The number of carbonyl (C=O) groups is 3. The van der Waals surface area contributed by atoms with Gasteiger partial charge in [0.1, 0.15) is 17.7 Å². The topological polar surface area (TPSA) is 88.5 Å². The third-order valence-electron chi connectivity index (χ3n) is 4.89. The van der Waals surface area contributed by atoms with E-state index in [1.165, 1.54) is 5.01 Å². The van der Waals surface area contributed by atoms with Crippen LogP contribution in [-0.4, -0.2) is 43.3 Å². The summed E-state index contributed by atoms with van der Waals surface area (Å²) in [6.07, 6.45) is 0. The number of hydrazone groups is 1. The minimum absolute atomic E-state index is 0.0653. The van der Waals surface area contributed by atoms with E-state index in [1.807, 2.05) is 0 Å². The molecule has 2 aromatic rings. The first kappa shape index (κ1) is 18.7. The van der Waals surface area contributed by atoms with Gasteiger partial charge in [-0.1, -0.05) is 18.2 Å². The molecule has 2 unspecified atom stereocenters. The third-order valence-corrected chi connectivity index (χ3v) is 4.89. The van der Waals surface area contributed by atoms with Crippen molar-refractivity contribution in [1.29, 1.82) is 0 Å². The van der Waals surface area contributed by atoms with E-state index >= 15 is 0 Å². The van der Waals surface area contributed by atoms with Gasteiger partial charge in [0.25, 0.3) is 5.91 Å². The van der Waals surface area contributed by atoms with Crippen LogP contribution in [0.1, 0.15) is 6.92 Å². The van der Waals surface area contributed by atoms with Crippen molar-refractivity contribution in [2.45, 2.75) is 13.0 Å². The van der Waals surface area contributed by atoms with Gasteiger partial charge in [0.15, 0.2) is 5.71 Å². The highest BCUT2D eigenvalue weighted by molar-refractivity contribution is 6.47. The molecular weight excluding hydrogens is 374 g/mol. The molecule has 0 saturated carbocycles. The number of methoxy groups -OCH3 is 1. The maximum absolute atomic E-state index is 13.2. The van der Waals surface area contributed by atoms with Crippen LogP contribution in [0.2, 0.25) is 0 Å². The van der Waals surface area contributed by atoms with E-state index in [1.54, 1.807) is 68.6 Å². The summed E-state index contributed by atoms with van der Waals surface area (Å²) in [6.45, 7) is 1.81. The van der Waals surface area contributed by atoms with Crippen molar-refractivity contribution in [3.8, 4) is 5.75 Å². The molecule has 0 aliphatic carbocycles. The predicted octanol–water partition coefficient (Wildman–Crippen LogP) is 1.99. The number of esters is 1. The fourth-order valence-corrected chi connectivity index (χ4v) is 3.57. The average molecular weight is 393 g/mol. The summed E-state index contributed by atoms with van der Waals surface area (Å²) in [5.74, 6) is -2.02. The highest BCUT2D eigenvalue weighted by atomic mass is 16.5. The summed E-state index contributed by atoms with van der Waals surface area (Å²) in [6, 6.07) is 14.6. The number of ether oxygens (including phenoxy) is 2. The summed E-state index contributed by atoms with van der Waals surface area (Å²) < 4.78 is 10.2. The monoisotopic (exact) mass is 393 g/mol. The lowest BCUT2D eigenvalue weighted by molar-refractivity contribution is -0.136. The molecule has 2 aliphatic rings. The summed E-state index contributed by atoms with van der Waals surface area (Å²) in [5, 5.41) is 5.73. The van der Waals surface area contributed by atoms with Crippen molar-refractivity contribution in [3.63, 3.8) is 0 Å². The number of rotatable bonds is 5. The van der Waals surface area contributed by atoms with Crippen LogP contribution in [0.5, 0.6) is 5.75 Å². The van der Waals surface area contributed by atoms with Gasteiger partial charge in [-0.05, 0) is 43.3 Å². The van der Waals surface area contributed by atoms with Crippen LogP contribution in [0.15, 0.2) is 59.7 Å². The Balaban J connectivity index is 1.77. The van der Waals surface area contributed by atoms with E-state index < -0.39 is 29.7 Å². The highest BCUT2D eigenvalue weighted by Crippen LogP contribution is 2.38. The minimum atomic E-state index is -1.02. The Hall–Kier alpha value is -3.68. The van der Waals surface area contributed by atoms with Gasteiger partial charge in [-0.2, -0.15) is 5.10 Å². The summed E-state index contributed by atoms with van der Waals surface area (Å²) in [7, 11) is 1.55. The first-order valence-corrected chi connectivity index (χ1v) is 9.18. The van der Waals surface area contributed by atoms with Crippen LogP contribution in [0.3, 0.4) is 0 Å². The second-order valence-electron chi connectivity index (χ2n) is 6.52. The fraction of sp³-hybridized carbons (Fsp3) is 0.238. The van der Waals surface area contributed by atoms with Crippen molar-refractivity contribution < 1.29 is 23.9 Å². The molecule has 0 radical (unpaired) electrons. The van der Waals surface area contributed by atoms with E-state index in [4.69, 9.17) is 9.47 Å². The lowest BCUT2D eigenvalue weighted by Gasteiger charge is -2.22. The molecule has 2 aromatic carbocycles.